The van der Waals surface area contributed by atoms with Crippen LogP contribution in [-0.2, 0) is 11.2 Å². The van der Waals surface area contributed by atoms with Gasteiger partial charge in [0.15, 0.2) is 0 Å². The number of hydrogen-bond acceptors (Lipinski definition) is 4. The second-order valence-electron chi connectivity index (χ2n) is 11.0. The predicted octanol–water partition coefficient (Wildman–Crippen LogP) is 5.08. The average molecular weight is 573 g/mol. The van der Waals surface area contributed by atoms with E-state index in [0.29, 0.717) is 31.1 Å². The summed E-state index contributed by atoms with van der Waals surface area (Å²) in [6, 6.07) is 8.27. The van der Waals surface area contributed by atoms with E-state index in [0.717, 1.165) is 31.4 Å². The molecule has 0 fully saturated rings. The van der Waals surface area contributed by atoms with E-state index in [1.807, 2.05) is 20.8 Å². The zero-order valence-corrected chi connectivity index (χ0v) is 25.0. The summed E-state index contributed by atoms with van der Waals surface area (Å²) >= 11 is 0. The fraction of sp³-hybridized carbons (Fsp3) is 0.531. The Bertz CT molecular complexity index is 1150. The molecule has 0 spiro atoms. The van der Waals surface area contributed by atoms with Gasteiger partial charge in [-0.2, -0.15) is 0 Å². The van der Waals surface area contributed by atoms with Gasteiger partial charge < -0.3 is 21.3 Å². The molecule has 7 nitrogen and oxygen atoms in total. The summed E-state index contributed by atoms with van der Waals surface area (Å²) in [5.41, 5.74) is 7.38. The van der Waals surface area contributed by atoms with E-state index in [4.69, 9.17) is 5.73 Å². The van der Waals surface area contributed by atoms with Crippen molar-refractivity contribution in [2.24, 2.45) is 17.6 Å². The van der Waals surface area contributed by atoms with Gasteiger partial charge in [-0.05, 0) is 61.4 Å². The summed E-state index contributed by atoms with van der Waals surface area (Å²) in [6.45, 7) is 11.7. The zero-order chi connectivity index (χ0) is 30.5. The van der Waals surface area contributed by atoms with Gasteiger partial charge >= 0.3 is 0 Å². The molecular weight excluding hydrogens is 526 g/mol. The topological polar surface area (TPSA) is 105 Å². The summed E-state index contributed by atoms with van der Waals surface area (Å²) in [5.74, 6) is -2.33. The van der Waals surface area contributed by atoms with E-state index < -0.39 is 35.5 Å². The molecule has 0 saturated carbocycles. The van der Waals surface area contributed by atoms with E-state index in [-0.39, 0.29) is 35.8 Å². The smallest absolute Gasteiger partial charge is 0.253 e. The Kier molecular flexibility index (Phi) is 13.9. The largest absolute Gasteiger partial charge is 0.356 e. The van der Waals surface area contributed by atoms with Crippen molar-refractivity contribution in [2.45, 2.75) is 78.8 Å². The lowest BCUT2D eigenvalue weighted by atomic mass is 9.91. The summed E-state index contributed by atoms with van der Waals surface area (Å²) in [7, 11) is 0. The highest BCUT2D eigenvalue weighted by Crippen LogP contribution is 2.17. The van der Waals surface area contributed by atoms with Crippen LogP contribution in [0, 0.1) is 23.5 Å². The zero-order valence-electron chi connectivity index (χ0n) is 25.0. The van der Waals surface area contributed by atoms with Crippen molar-refractivity contribution in [2.75, 3.05) is 19.6 Å². The number of nitrogens with zero attached hydrogens (tertiary/aromatic N) is 1. The number of hydrogen-bond donors (Lipinski definition) is 3. The van der Waals surface area contributed by atoms with Gasteiger partial charge in [-0.25, -0.2) is 8.78 Å². The summed E-state index contributed by atoms with van der Waals surface area (Å²) < 4.78 is 28.1. The molecule has 41 heavy (non-hydrogen) atoms. The first-order valence-electron chi connectivity index (χ1n) is 14.7. The van der Waals surface area contributed by atoms with Crippen molar-refractivity contribution in [3.8, 4) is 0 Å². The molecule has 0 saturated heterocycles. The SMILES string of the molecule is CCCN(CCC)C(=O)c1cccc(C(=O)N[C@@H](Cc2ccc(F)cc2F)[C@@H](N)C[C@@H](C)C(=O)NC[C@@H](C)CC)c1. The molecule has 0 heterocycles. The second-order valence-corrected chi connectivity index (χ2v) is 11.0. The maximum absolute atomic E-state index is 14.6. The molecular formula is C32H46F2N4O3. The van der Waals surface area contributed by atoms with Crippen molar-refractivity contribution in [3.63, 3.8) is 0 Å². The Morgan fingerprint density at radius 3 is 2.22 bits per heavy atom. The minimum atomic E-state index is -0.761. The third-order valence-corrected chi connectivity index (χ3v) is 7.33. The molecule has 0 aliphatic carbocycles. The summed E-state index contributed by atoms with van der Waals surface area (Å²) in [6.07, 6.45) is 2.81. The van der Waals surface area contributed by atoms with Crippen LogP contribution in [-0.4, -0.2) is 54.3 Å². The van der Waals surface area contributed by atoms with Crippen LogP contribution in [0.1, 0.15) is 86.6 Å². The normalized spacial score (nSPS) is 14.0. The quantitative estimate of drug-likeness (QED) is 0.261. The van der Waals surface area contributed by atoms with Gasteiger partial charge in [-0.15, -0.1) is 0 Å². The van der Waals surface area contributed by atoms with Crippen LogP contribution in [0.5, 0.6) is 0 Å². The number of carbonyl (C=O) groups is 3. The molecule has 226 valence electrons. The highest BCUT2D eigenvalue weighted by Gasteiger charge is 2.27. The molecule has 2 rings (SSSR count). The lowest BCUT2D eigenvalue weighted by Gasteiger charge is -2.28. The maximum Gasteiger partial charge on any atom is 0.253 e. The molecule has 2 aromatic rings. The number of benzene rings is 2. The van der Waals surface area contributed by atoms with E-state index in [1.54, 1.807) is 36.1 Å². The Hall–Kier alpha value is -3.33. The molecule has 0 bridgehead atoms. The standard InChI is InChI=1S/C32H46F2N4O3/c1-6-14-38(15-7-2)32(41)25-11-9-10-24(17-25)31(40)37-29(18-23-12-13-26(33)19-27(23)34)28(35)16-22(5)30(39)36-20-21(4)8-3/h9-13,17,19,21-22,28-29H,6-8,14-16,18,20,35H2,1-5H3,(H,36,39)(H,37,40)/t21-,22+,28-,29-/m0/s1. The van der Waals surface area contributed by atoms with E-state index in [2.05, 4.69) is 17.6 Å². The van der Waals surface area contributed by atoms with Crippen molar-refractivity contribution >= 4 is 17.7 Å². The first kappa shape index (κ1) is 33.9. The lowest BCUT2D eigenvalue weighted by Crippen LogP contribution is -2.50. The van der Waals surface area contributed by atoms with Crippen LogP contribution in [0.15, 0.2) is 42.5 Å². The Labute approximate surface area is 243 Å². The minimum absolute atomic E-state index is 0.000370. The first-order valence-corrected chi connectivity index (χ1v) is 14.7. The monoisotopic (exact) mass is 572 g/mol. The number of carbonyl (C=O) groups excluding carboxylic acids is 3. The third kappa shape index (κ3) is 10.5. The molecule has 2 aromatic carbocycles. The third-order valence-electron chi connectivity index (χ3n) is 7.33. The summed E-state index contributed by atoms with van der Waals surface area (Å²) in [4.78, 5) is 40.9. The Balaban J connectivity index is 2.26. The lowest BCUT2D eigenvalue weighted by molar-refractivity contribution is -0.125. The minimum Gasteiger partial charge on any atom is -0.356 e. The molecule has 0 radical (unpaired) electrons. The summed E-state index contributed by atoms with van der Waals surface area (Å²) in [5, 5.41) is 5.83. The van der Waals surface area contributed by atoms with Crippen LogP contribution in [0.25, 0.3) is 0 Å². The average Bonchev–Trinajstić information content (AvgIpc) is 2.95. The van der Waals surface area contributed by atoms with Gasteiger partial charge in [-0.3, -0.25) is 14.4 Å². The molecule has 3 amide bonds. The number of amides is 3. The van der Waals surface area contributed by atoms with Crippen molar-refractivity contribution in [1.82, 2.24) is 15.5 Å². The molecule has 0 aliphatic heterocycles. The fourth-order valence-corrected chi connectivity index (χ4v) is 4.59. The van der Waals surface area contributed by atoms with Gasteiger partial charge in [0.1, 0.15) is 11.6 Å². The molecule has 0 aromatic heterocycles. The van der Waals surface area contributed by atoms with E-state index >= 15 is 0 Å². The van der Waals surface area contributed by atoms with Gasteiger partial charge in [-0.1, -0.05) is 53.2 Å². The van der Waals surface area contributed by atoms with Crippen LogP contribution in [0.3, 0.4) is 0 Å². The Morgan fingerprint density at radius 1 is 0.951 bits per heavy atom. The number of rotatable bonds is 16. The van der Waals surface area contributed by atoms with Crippen molar-refractivity contribution in [1.29, 1.82) is 0 Å². The van der Waals surface area contributed by atoms with Gasteiger partial charge in [0, 0.05) is 54.8 Å². The maximum atomic E-state index is 14.6. The first-order chi connectivity index (χ1) is 19.5. The second kappa shape index (κ2) is 16.8. The Morgan fingerprint density at radius 2 is 1.61 bits per heavy atom. The van der Waals surface area contributed by atoms with Crippen LogP contribution in [0.4, 0.5) is 8.78 Å². The molecule has 9 heteroatoms. The van der Waals surface area contributed by atoms with Crippen molar-refractivity contribution in [3.05, 3.63) is 70.8 Å². The van der Waals surface area contributed by atoms with E-state index in [9.17, 15) is 23.2 Å². The number of nitrogens with one attached hydrogen (secondary N) is 2. The van der Waals surface area contributed by atoms with Gasteiger partial charge in [0.25, 0.3) is 11.8 Å². The molecule has 0 unspecified atom stereocenters. The molecule has 4 N–H and O–H groups in total. The highest BCUT2D eigenvalue weighted by molar-refractivity contribution is 5.99. The molecule has 4 atom stereocenters. The van der Waals surface area contributed by atoms with Gasteiger partial charge in [0.2, 0.25) is 5.91 Å². The fourth-order valence-electron chi connectivity index (χ4n) is 4.59. The predicted molar refractivity (Wildman–Crippen MR) is 158 cm³/mol. The highest BCUT2D eigenvalue weighted by atomic mass is 19.1. The van der Waals surface area contributed by atoms with Crippen LogP contribution >= 0.6 is 0 Å². The van der Waals surface area contributed by atoms with Crippen molar-refractivity contribution < 1.29 is 23.2 Å². The number of halogens is 2. The molecule has 0 aliphatic rings. The van der Waals surface area contributed by atoms with E-state index in [1.165, 1.54) is 6.07 Å². The van der Waals surface area contributed by atoms with Crippen LogP contribution in [0.2, 0.25) is 0 Å². The van der Waals surface area contributed by atoms with Gasteiger partial charge in [0.05, 0.1) is 0 Å². The number of nitrogens with two attached hydrogens (primary N) is 1. The van der Waals surface area contributed by atoms with Crippen LogP contribution < -0.4 is 16.4 Å².